The molecule has 20 heavy (non-hydrogen) atoms. The van der Waals surface area contributed by atoms with Gasteiger partial charge in [-0.15, -0.1) is 0 Å². The Balaban J connectivity index is 1.59. The van der Waals surface area contributed by atoms with Crippen LogP contribution in [0, 0.1) is 0 Å². The van der Waals surface area contributed by atoms with Crippen molar-refractivity contribution in [3.05, 3.63) is 71.3 Å². The van der Waals surface area contributed by atoms with E-state index in [0.717, 1.165) is 12.0 Å². The normalized spacial score (nSPS) is 10.7. The minimum absolute atomic E-state index is 0.144. The van der Waals surface area contributed by atoms with Crippen molar-refractivity contribution in [3.63, 3.8) is 0 Å². The van der Waals surface area contributed by atoms with Gasteiger partial charge in [-0.25, -0.2) is 0 Å². The number of aliphatic hydroxyl groups is 1. The number of hydrogen-bond acceptors (Lipinski definition) is 1. The van der Waals surface area contributed by atoms with E-state index >= 15 is 0 Å². The van der Waals surface area contributed by atoms with E-state index < -0.39 is 0 Å². The molecule has 1 nitrogen and oxygen atoms in total. The van der Waals surface area contributed by atoms with Crippen molar-refractivity contribution in [2.24, 2.45) is 0 Å². The van der Waals surface area contributed by atoms with Crippen LogP contribution in [-0.4, -0.2) is 5.11 Å². The molecule has 0 saturated carbocycles. The summed E-state index contributed by atoms with van der Waals surface area (Å²) in [6, 6.07) is 19.0. The van der Waals surface area contributed by atoms with Crippen LogP contribution in [-0.2, 0) is 19.4 Å². The Labute approximate surface area is 122 Å². The summed E-state index contributed by atoms with van der Waals surface area (Å²) in [6.07, 6.45) is 7.43. The first-order valence-corrected chi connectivity index (χ1v) is 7.61. The SMILES string of the molecule is OCc1cccc(CCCCCCc2ccccc2)c1. The predicted octanol–water partition coefficient (Wildman–Crippen LogP) is 4.52. The summed E-state index contributed by atoms with van der Waals surface area (Å²) in [6.45, 7) is 0.144. The minimum Gasteiger partial charge on any atom is -0.392 e. The number of aliphatic hydroxyl groups excluding tert-OH is 1. The quantitative estimate of drug-likeness (QED) is 0.698. The molecule has 0 aromatic heterocycles. The van der Waals surface area contributed by atoms with Gasteiger partial charge in [0.15, 0.2) is 0 Å². The third kappa shape index (κ3) is 5.18. The monoisotopic (exact) mass is 268 g/mol. The van der Waals surface area contributed by atoms with Crippen LogP contribution in [0.2, 0.25) is 0 Å². The molecule has 0 bridgehead atoms. The highest BCUT2D eigenvalue weighted by atomic mass is 16.3. The molecule has 0 aliphatic carbocycles. The molecule has 106 valence electrons. The van der Waals surface area contributed by atoms with Crippen LogP contribution in [0.4, 0.5) is 0 Å². The molecule has 0 radical (unpaired) electrons. The summed E-state index contributed by atoms with van der Waals surface area (Å²) in [5.74, 6) is 0. The van der Waals surface area contributed by atoms with Gasteiger partial charge in [0, 0.05) is 0 Å². The molecule has 0 atom stereocenters. The highest BCUT2D eigenvalue weighted by Crippen LogP contribution is 2.12. The molecule has 2 aromatic carbocycles. The molecule has 2 aromatic rings. The van der Waals surface area contributed by atoms with Gasteiger partial charge in [0.1, 0.15) is 0 Å². The zero-order chi connectivity index (χ0) is 14.0. The molecule has 0 aliphatic heterocycles. The van der Waals surface area contributed by atoms with Gasteiger partial charge >= 0.3 is 0 Å². The number of aryl methyl sites for hydroxylation is 2. The summed E-state index contributed by atoms with van der Waals surface area (Å²) in [7, 11) is 0. The molecular weight excluding hydrogens is 244 g/mol. The maximum Gasteiger partial charge on any atom is 0.0681 e. The van der Waals surface area contributed by atoms with E-state index in [1.807, 2.05) is 12.1 Å². The Bertz CT molecular complexity index is 490. The van der Waals surface area contributed by atoms with Gasteiger partial charge in [0.2, 0.25) is 0 Å². The molecule has 0 heterocycles. The lowest BCUT2D eigenvalue weighted by Crippen LogP contribution is -1.90. The van der Waals surface area contributed by atoms with Crippen LogP contribution < -0.4 is 0 Å². The maximum atomic E-state index is 9.11. The lowest BCUT2D eigenvalue weighted by molar-refractivity contribution is 0.281. The van der Waals surface area contributed by atoms with E-state index in [9.17, 15) is 0 Å². The summed E-state index contributed by atoms with van der Waals surface area (Å²) in [5.41, 5.74) is 3.81. The van der Waals surface area contributed by atoms with E-state index in [4.69, 9.17) is 5.11 Å². The van der Waals surface area contributed by atoms with E-state index in [1.54, 1.807) is 0 Å². The summed E-state index contributed by atoms with van der Waals surface area (Å²) in [5, 5.41) is 9.11. The molecular formula is C19H24O. The first kappa shape index (κ1) is 14.8. The Hall–Kier alpha value is -1.60. The van der Waals surface area contributed by atoms with Crippen molar-refractivity contribution in [1.29, 1.82) is 0 Å². The van der Waals surface area contributed by atoms with E-state index in [1.165, 1.54) is 43.2 Å². The van der Waals surface area contributed by atoms with Gasteiger partial charge in [0.25, 0.3) is 0 Å². The fourth-order valence-electron chi connectivity index (χ4n) is 2.54. The van der Waals surface area contributed by atoms with Crippen LogP contribution in [0.1, 0.15) is 42.4 Å². The largest absolute Gasteiger partial charge is 0.392 e. The average Bonchev–Trinajstić information content (AvgIpc) is 2.52. The van der Waals surface area contributed by atoms with Crippen LogP contribution in [0.3, 0.4) is 0 Å². The second-order valence-electron chi connectivity index (χ2n) is 5.38. The number of benzene rings is 2. The predicted molar refractivity (Wildman–Crippen MR) is 84.7 cm³/mol. The van der Waals surface area contributed by atoms with Gasteiger partial charge in [-0.3, -0.25) is 0 Å². The van der Waals surface area contributed by atoms with Crippen LogP contribution in [0.15, 0.2) is 54.6 Å². The third-order valence-corrected chi connectivity index (χ3v) is 3.70. The minimum atomic E-state index is 0.144. The molecule has 0 aliphatic rings. The van der Waals surface area contributed by atoms with Gasteiger partial charge in [0.05, 0.1) is 6.61 Å². The number of unbranched alkanes of at least 4 members (excludes halogenated alkanes) is 3. The second kappa shape index (κ2) is 8.55. The summed E-state index contributed by atoms with van der Waals surface area (Å²) >= 11 is 0. The lowest BCUT2D eigenvalue weighted by atomic mass is 10.0. The molecule has 1 heteroatoms. The van der Waals surface area contributed by atoms with Crippen LogP contribution >= 0.6 is 0 Å². The summed E-state index contributed by atoms with van der Waals surface area (Å²) < 4.78 is 0. The lowest BCUT2D eigenvalue weighted by Gasteiger charge is -2.04. The van der Waals surface area contributed by atoms with Gasteiger partial charge < -0.3 is 5.11 Å². The standard InChI is InChI=1S/C19H24O/c20-16-19-14-8-13-18(15-19)12-5-2-1-4-9-17-10-6-3-7-11-17/h3,6-8,10-11,13-15,20H,1-2,4-5,9,12,16H2. The van der Waals surface area contributed by atoms with Gasteiger partial charge in [-0.05, 0) is 42.4 Å². The third-order valence-electron chi connectivity index (χ3n) is 3.70. The molecule has 0 spiro atoms. The van der Waals surface area contributed by atoms with Crippen molar-refractivity contribution in [1.82, 2.24) is 0 Å². The second-order valence-corrected chi connectivity index (χ2v) is 5.38. The van der Waals surface area contributed by atoms with Crippen LogP contribution in [0.25, 0.3) is 0 Å². The molecule has 1 N–H and O–H groups in total. The van der Waals surface area contributed by atoms with Crippen molar-refractivity contribution in [2.45, 2.75) is 45.1 Å². The molecule has 2 rings (SSSR count). The van der Waals surface area contributed by atoms with Gasteiger partial charge in [-0.2, -0.15) is 0 Å². The first-order valence-electron chi connectivity index (χ1n) is 7.61. The zero-order valence-electron chi connectivity index (χ0n) is 12.1. The molecule has 0 unspecified atom stereocenters. The zero-order valence-corrected chi connectivity index (χ0v) is 12.1. The van der Waals surface area contributed by atoms with Crippen molar-refractivity contribution >= 4 is 0 Å². The Morgan fingerprint density at radius 2 is 1.20 bits per heavy atom. The Morgan fingerprint density at radius 1 is 0.600 bits per heavy atom. The Kier molecular flexibility index (Phi) is 6.33. The van der Waals surface area contributed by atoms with Crippen molar-refractivity contribution in [2.75, 3.05) is 0 Å². The molecule has 0 amide bonds. The first-order chi connectivity index (χ1) is 9.88. The van der Waals surface area contributed by atoms with Crippen molar-refractivity contribution in [3.8, 4) is 0 Å². The van der Waals surface area contributed by atoms with E-state index in [-0.39, 0.29) is 6.61 Å². The fourth-order valence-corrected chi connectivity index (χ4v) is 2.54. The topological polar surface area (TPSA) is 20.2 Å². The van der Waals surface area contributed by atoms with E-state index in [2.05, 4.69) is 42.5 Å². The van der Waals surface area contributed by atoms with E-state index in [0.29, 0.717) is 0 Å². The Morgan fingerprint density at radius 3 is 1.90 bits per heavy atom. The molecule has 0 saturated heterocycles. The molecule has 0 fully saturated rings. The van der Waals surface area contributed by atoms with Crippen LogP contribution in [0.5, 0.6) is 0 Å². The fraction of sp³-hybridized carbons (Fsp3) is 0.368. The highest BCUT2D eigenvalue weighted by Gasteiger charge is 1.97. The highest BCUT2D eigenvalue weighted by molar-refractivity contribution is 5.22. The average molecular weight is 268 g/mol. The smallest absolute Gasteiger partial charge is 0.0681 e. The number of hydrogen-bond donors (Lipinski definition) is 1. The number of rotatable bonds is 8. The maximum absolute atomic E-state index is 9.11. The summed E-state index contributed by atoms with van der Waals surface area (Å²) in [4.78, 5) is 0. The van der Waals surface area contributed by atoms with Gasteiger partial charge in [-0.1, -0.05) is 67.4 Å². The van der Waals surface area contributed by atoms with Crippen molar-refractivity contribution < 1.29 is 5.11 Å².